The predicted molar refractivity (Wildman–Crippen MR) is 132 cm³/mol. The number of halogens is 1. The summed E-state index contributed by atoms with van der Waals surface area (Å²) in [5.41, 5.74) is 3.66. The van der Waals surface area contributed by atoms with Crippen molar-refractivity contribution < 1.29 is 13.2 Å². The van der Waals surface area contributed by atoms with E-state index in [1.165, 1.54) is 23.5 Å². The third-order valence-electron chi connectivity index (χ3n) is 5.52. The van der Waals surface area contributed by atoms with Gasteiger partial charge in [0.25, 0.3) is 15.9 Å². The maximum Gasteiger partial charge on any atom is 0.267 e. The van der Waals surface area contributed by atoms with Crippen LogP contribution in [0, 0.1) is 13.8 Å². The standard InChI is InChI=1S/C23H24ClN3O3S2/c1-15-14-18(24)21(27-11-6-7-12-27)16(2)20(15)25-23(28)22-19(10-13-31-22)26-32(29,30)17-8-4-3-5-9-17/h3-5,8-10,13-14,26H,6-7,11-12H2,1-2H3,(H,25,28). The van der Waals surface area contributed by atoms with Crippen LogP contribution in [-0.2, 0) is 10.0 Å². The third kappa shape index (κ3) is 4.48. The van der Waals surface area contributed by atoms with E-state index in [0.717, 1.165) is 42.7 Å². The zero-order valence-electron chi connectivity index (χ0n) is 17.8. The van der Waals surface area contributed by atoms with Crippen molar-refractivity contribution >= 4 is 55.9 Å². The second-order valence-electron chi connectivity index (χ2n) is 7.75. The Morgan fingerprint density at radius 1 is 1.09 bits per heavy atom. The molecule has 4 rings (SSSR count). The minimum Gasteiger partial charge on any atom is -0.370 e. The minimum atomic E-state index is -3.80. The van der Waals surface area contributed by atoms with Crippen LogP contribution in [0.4, 0.5) is 17.1 Å². The van der Waals surface area contributed by atoms with Crippen molar-refractivity contribution in [1.29, 1.82) is 0 Å². The van der Waals surface area contributed by atoms with E-state index in [1.807, 2.05) is 19.9 Å². The Balaban J connectivity index is 1.61. The number of aryl methyl sites for hydroxylation is 1. The van der Waals surface area contributed by atoms with Gasteiger partial charge in [0.1, 0.15) is 4.88 Å². The van der Waals surface area contributed by atoms with Gasteiger partial charge in [-0.05, 0) is 67.5 Å². The number of carbonyl (C=O) groups is 1. The van der Waals surface area contributed by atoms with Crippen LogP contribution >= 0.6 is 22.9 Å². The molecule has 2 N–H and O–H groups in total. The second kappa shape index (κ2) is 9.13. The number of hydrogen-bond donors (Lipinski definition) is 2. The van der Waals surface area contributed by atoms with Crippen LogP contribution in [-0.4, -0.2) is 27.4 Å². The molecular formula is C23H24ClN3O3S2. The number of anilines is 3. The molecule has 0 radical (unpaired) electrons. The lowest BCUT2D eigenvalue weighted by atomic mass is 10.1. The molecule has 3 aromatic rings. The quantitative estimate of drug-likeness (QED) is 0.467. The lowest BCUT2D eigenvalue weighted by Gasteiger charge is -2.25. The van der Waals surface area contributed by atoms with Crippen LogP contribution in [0.2, 0.25) is 5.02 Å². The van der Waals surface area contributed by atoms with Crippen LogP contribution in [0.3, 0.4) is 0 Å². The first-order chi connectivity index (χ1) is 15.3. The number of hydrogen-bond acceptors (Lipinski definition) is 5. The first-order valence-electron chi connectivity index (χ1n) is 10.3. The van der Waals surface area contributed by atoms with Gasteiger partial charge in [-0.25, -0.2) is 8.42 Å². The Labute approximate surface area is 197 Å². The molecule has 1 amide bonds. The number of nitrogens with zero attached hydrogens (tertiary/aromatic N) is 1. The van der Waals surface area contributed by atoms with E-state index in [0.29, 0.717) is 15.6 Å². The lowest BCUT2D eigenvalue weighted by Crippen LogP contribution is -2.21. The summed E-state index contributed by atoms with van der Waals surface area (Å²) in [7, 11) is -3.80. The van der Waals surface area contributed by atoms with E-state index < -0.39 is 10.0 Å². The van der Waals surface area contributed by atoms with Crippen molar-refractivity contribution in [1.82, 2.24) is 0 Å². The van der Waals surface area contributed by atoms with E-state index in [4.69, 9.17) is 11.6 Å². The van der Waals surface area contributed by atoms with Gasteiger partial charge >= 0.3 is 0 Å². The van der Waals surface area contributed by atoms with Gasteiger partial charge in [0, 0.05) is 18.8 Å². The highest BCUT2D eigenvalue weighted by Crippen LogP contribution is 2.39. The summed E-state index contributed by atoms with van der Waals surface area (Å²) in [4.78, 5) is 15.8. The summed E-state index contributed by atoms with van der Waals surface area (Å²) in [6, 6.07) is 11.5. The van der Waals surface area contributed by atoms with Crippen molar-refractivity contribution in [2.45, 2.75) is 31.6 Å². The van der Waals surface area contributed by atoms with E-state index >= 15 is 0 Å². The number of benzene rings is 2. The Kier molecular flexibility index (Phi) is 6.46. The van der Waals surface area contributed by atoms with Crippen LogP contribution in [0.5, 0.6) is 0 Å². The summed E-state index contributed by atoms with van der Waals surface area (Å²) in [5, 5.41) is 5.35. The van der Waals surface area contributed by atoms with E-state index in [1.54, 1.807) is 29.6 Å². The maximum atomic E-state index is 13.2. The normalized spacial score (nSPS) is 13.9. The molecule has 168 valence electrons. The Bertz CT molecular complexity index is 1250. The zero-order valence-corrected chi connectivity index (χ0v) is 20.2. The molecule has 0 spiro atoms. The summed E-state index contributed by atoms with van der Waals surface area (Å²) < 4.78 is 28.0. The van der Waals surface area contributed by atoms with Crippen LogP contribution in [0.1, 0.15) is 33.6 Å². The van der Waals surface area contributed by atoms with Gasteiger partial charge in [-0.3, -0.25) is 9.52 Å². The molecule has 1 fully saturated rings. The number of thiophene rings is 1. The number of sulfonamides is 1. The fourth-order valence-electron chi connectivity index (χ4n) is 3.98. The SMILES string of the molecule is Cc1cc(Cl)c(N2CCCC2)c(C)c1NC(=O)c1sccc1NS(=O)(=O)c1ccccc1. The number of amides is 1. The average Bonchev–Trinajstić information content (AvgIpc) is 3.44. The molecule has 32 heavy (non-hydrogen) atoms. The molecular weight excluding hydrogens is 466 g/mol. The first kappa shape index (κ1) is 22.6. The second-order valence-corrected chi connectivity index (χ2v) is 10.8. The minimum absolute atomic E-state index is 0.136. The summed E-state index contributed by atoms with van der Waals surface area (Å²) in [6.07, 6.45) is 2.23. The number of carbonyl (C=O) groups excluding carboxylic acids is 1. The highest BCUT2D eigenvalue weighted by molar-refractivity contribution is 7.92. The molecule has 9 heteroatoms. The molecule has 0 atom stereocenters. The molecule has 1 aliphatic rings. The summed E-state index contributed by atoms with van der Waals surface area (Å²) >= 11 is 7.73. The molecule has 1 saturated heterocycles. The molecule has 6 nitrogen and oxygen atoms in total. The molecule has 2 heterocycles. The van der Waals surface area contributed by atoms with Crippen LogP contribution in [0.25, 0.3) is 0 Å². The molecule has 0 bridgehead atoms. The van der Waals surface area contributed by atoms with Gasteiger partial charge in [-0.2, -0.15) is 0 Å². The topological polar surface area (TPSA) is 78.5 Å². The fourth-order valence-corrected chi connectivity index (χ4v) is 6.31. The first-order valence-corrected chi connectivity index (χ1v) is 13.0. The molecule has 1 aliphatic heterocycles. The van der Waals surface area contributed by atoms with Crippen molar-refractivity contribution in [3.8, 4) is 0 Å². The highest BCUT2D eigenvalue weighted by atomic mass is 35.5. The van der Waals surface area contributed by atoms with Gasteiger partial charge in [0.15, 0.2) is 0 Å². The fraction of sp³-hybridized carbons (Fsp3) is 0.261. The largest absolute Gasteiger partial charge is 0.370 e. The van der Waals surface area contributed by atoms with E-state index in [2.05, 4.69) is 14.9 Å². The van der Waals surface area contributed by atoms with Gasteiger partial charge in [-0.15, -0.1) is 11.3 Å². The van der Waals surface area contributed by atoms with Crippen LogP contribution < -0.4 is 14.9 Å². The molecule has 0 unspecified atom stereocenters. The summed E-state index contributed by atoms with van der Waals surface area (Å²) in [5.74, 6) is -0.369. The Hall–Kier alpha value is -2.55. The van der Waals surface area contributed by atoms with Crippen LogP contribution in [0.15, 0.2) is 52.7 Å². The van der Waals surface area contributed by atoms with Crippen molar-refractivity contribution in [3.63, 3.8) is 0 Å². The monoisotopic (exact) mass is 489 g/mol. The van der Waals surface area contributed by atoms with Gasteiger partial charge in [0.2, 0.25) is 0 Å². The lowest BCUT2D eigenvalue weighted by molar-refractivity contribution is 0.103. The smallest absolute Gasteiger partial charge is 0.267 e. The van der Waals surface area contributed by atoms with Gasteiger partial charge < -0.3 is 10.2 Å². The van der Waals surface area contributed by atoms with Crippen molar-refractivity contribution in [3.05, 3.63) is 68.9 Å². The number of rotatable bonds is 6. The van der Waals surface area contributed by atoms with E-state index in [-0.39, 0.29) is 16.5 Å². The van der Waals surface area contributed by atoms with Crippen molar-refractivity contribution in [2.24, 2.45) is 0 Å². The molecule has 0 saturated carbocycles. The molecule has 0 aliphatic carbocycles. The summed E-state index contributed by atoms with van der Waals surface area (Å²) in [6.45, 7) is 5.73. The average molecular weight is 490 g/mol. The Morgan fingerprint density at radius 2 is 1.78 bits per heavy atom. The van der Waals surface area contributed by atoms with Gasteiger partial charge in [-0.1, -0.05) is 29.8 Å². The van der Waals surface area contributed by atoms with Crippen molar-refractivity contribution in [2.75, 3.05) is 28.0 Å². The van der Waals surface area contributed by atoms with Gasteiger partial charge in [0.05, 0.1) is 21.3 Å². The number of nitrogens with one attached hydrogen (secondary N) is 2. The Morgan fingerprint density at radius 3 is 2.47 bits per heavy atom. The zero-order chi connectivity index (χ0) is 22.9. The third-order valence-corrected chi connectivity index (χ3v) is 8.11. The highest BCUT2D eigenvalue weighted by Gasteiger charge is 2.24. The maximum absolute atomic E-state index is 13.2. The molecule has 2 aromatic carbocycles. The molecule has 1 aromatic heterocycles. The van der Waals surface area contributed by atoms with E-state index in [9.17, 15) is 13.2 Å². The predicted octanol–water partition coefficient (Wildman–Crippen LogP) is 5.67.